The molecular weight excluding hydrogens is 150 g/mol. The van der Waals surface area contributed by atoms with Crippen molar-refractivity contribution in [1.82, 2.24) is 0 Å². The van der Waals surface area contributed by atoms with Crippen molar-refractivity contribution in [2.24, 2.45) is 5.73 Å². The van der Waals surface area contributed by atoms with Crippen LogP contribution in [0.5, 0.6) is 0 Å². The standard InChI is InChI=1S/C6H9NO4/c1-6(5(9)10)2-3(7)4(8)11-6/h3H,2,7H2,1H3,(H,9,10). The quantitative estimate of drug-likeness (QED) is 0.484. The minimum Gasteiger partial charge on any atom is -0.478 e. The summed E-state index contributed by atoms with van der Waals surface area (Å²) in [5, 5.41) is 8.58. The number of carbonyl (C=O) groups excluding carboxylic acids is 1. The Kier molecular flexibility index (Phi) is 1.60. The van der Waals surface area contributed by atoms with E-state index >= 15 is 0 Å². The molecule has 1 rings (SSSR count). The van der Waals surface area contributed by atoms with Gasteiger partial charge < -0.3 is 15.6 Å². The molecule has 1 saturated heterocycles. The van der Waals surface area contributed by atoms with E-state index in [1.165, 1.54) is 6.92 Å². The molecule has 0 saturated carbocycles. The first-order valence-electron chi connectivity index (χ1n) is 3.17. The number of cyclic esters (lactones) is 1. The predicted octanol–water partition coefficient (Wildman–Crippen LogP) is -0.896. The van der Waals surface area contributed by atoms with E-state index in [0.717, 1.165) is 0 Å². The van der Waals surface area contributed by atoms with Gasteiger partial charge in [-0.15, -0.1) is 0 Å². The lowest BCUT2D eigenvalue weighted by molar-refractivity contribution is -0.167. The molecule has 1 heterocycles. The van der Waals surface area contributed by atoms with E-state index in [-0.39, 0.29) is 6.42 Å². The van der Waals surface area contributed by atoms with Crippen LogP contribution in [0.1, 0.15) is 13.3 Å². The summed E-state index contributed by atoms with van der Waals surface area (Å²) in [5.74, 6) is -1.80. The van der Waals surface area contributed by atoms with Crippen molar-refractivity contribution in [3.05, 3.63) is 0 Å². The van der Waals surface area contributed by atoms with Gasteiger partial charge in [-0.1, -0.05) is 0 Å². The van der Waals surface area contributed by atoms with E-state index in [4.69, 9.17) is 10.8 Å². The highest BCUT2D eigenvalue weighted by Crippen LogP contribution is 2.25. The summed E-state index contributed by atoms with van der Waals surface area (Å²) in [6, 6.07) is -0.795. The first kappa shape index (κ1) is 8.00. The molecule has 11 heavy (non-hydrogen) atoms. The zero-order chi connectivity index (χ0) is 8.65. The van der Waals surface area contributed by atoms with Gasteiger partial charge in [0.1, 0.15) is 6.04 Å². The molecule has 0 spiro atoms. The lowest BCUT2D eigenvalue weighted by Gasteiger charge is -2.15. The van der Waals surface area contributed by atoms with Gasteiger partial charge in [-0.25, -0.2) is 4.79 Å². The Bertz CT molecular complexity index is 213. The molecule has 1 fully saturated rings. The summed E-state index contributed by atoms with van der Waals surface area (Å²) < 4.78 is 4.56. The molecule has 0 bridgehead atoms. The highest BCUT2D eigenvalue weighted by atomic mass is 16.6. The van der Waals surface area contributed by atoms with Crippen molar-refractivity contribution in [3.63, 3.8) is 0 Å². The molecule has 2 unspecified atom stereocenters. The number of esters is 1. The second-order valence-corrected chi connectivity index (χ2v) is 2.77. The Hall–Kier alpha value is -1.10. The van der Waals surface area contributed by atoms with E-state index in [2.05, 4.69) is 4.74 Å². The molecule has 1 aliphatic rings. The monoisotopic (exact) mass is 159 g/mol. The first-order valence-corrected chi connectivity index (χ1v) is 3.17. The fourth-order valence-electron chi connectivity index (χ4n) is 0.973. The van der Waals surface area contributed by atoms with Gasteiger partial charge in [-0.05, 0) is 6.92 Å². The van der Waals surface area contributed by atoms with Crippen LogP contribution >= 0.6 is 0 Å². The zero-order valence-corrected chi connectivity index (χ0v) is 6.03. The lowest BCUT2D eigenvalue weighted by atomic mass is 10.0. The lowest BCUT2D eigenvalue weighted by Crippen LogP contribution is -2.35. The molecule has 0 aromatic rings. The van der Waals surface area contributed by atoms with Crippen molar-refractivity contribution < 1.29 is 19.4 Å². The van der Waals surface area contributed by atoms with Crippen LogP contribution in [0.15, 0.2) is 0 Å². The molecule has 2 atom stereocenters. The van der Waals surface area contributed by atoms with Crippen LogP contribution in [0.2, 0.25) is 0 Å². The fraction of sp³-hybridized carbons (Fsp3) is 0.667. The van der Waals surface area contributed by atoms with Crippen LogP contribution in [0, 0.1) is 0 Å². The second-order valence-electron chi connectivity index (χ2n) is 2.77. The van der Waals surface area contributed by atoms with Gasteiger partial charge in [-0.3, -0.25) is 4.79 Å². The molecular formula is C6H9NO4. The Morgan fingerprint density at radius 3 is 2.64 bits per heavy atom. The second kappa shape index (κ2) is 2.20. The number of hydrogen-bond donors (Lipinski definition) is 2. The predicted molar refractivity (Wildman–Crippen MR) is 34.7 cm³/mol. The fourth-order valence-corrected chi connectivity index (χ4v) is 0.973. The van der Waals surface area contributed by atoms with E-state index < -0.39 is 23.6 Å². The van der Waals surface area contributed by atoms with Crippen molar-refractivity contribution in [2.45, 2.75) is 25.0 Å². The number of hydrogen-bond acceptors (Lipinski definition) is 4. The molecule has 0 aromatic carbocycles. The Morgan fingerprint density at radius 1 is 1.91 bits per heavy atom. The molecule has 0 amide bonds. The smallest absolute Gasteiger partial charge is 0.347 e. The van der Waals surface area contributed by atoms with Crippen LogP contribution in [-0.2, 0) is 14.3 Å². The molecule has 5 heteroatoms. The van der Waals surface area contributed by atoms with Gasteiger partial charge >= 0.3 is 11.9 Å². The van der Waals surface area contributed by atoms with Crippen LogP contribution in [0.25, 0.3) is 0 Å². The zero-order valence-electron chi connectivity index (χ0n) is 6.03. The third-order valence-corrected chi connectivity index (χ3v) is 1.69. The van der Waals surface area contributed by atoms with Gasteiger partial charge in [0.15, 0.2) is 0 Å². The Labute approximate surface area is 63.1 Å². The van der Waals surface area contributed by atoms with Gasteiger partial charge in [0.2, 0.25) is 5.60 Å². The maximum absolute atomic E-state index is 10.7. The number of nitrogens with two attached hydrogens (primary N) is 1. The van der Waals surface area contributed by atoms with Crippen molar-refractivity contribution >= 4 is 11.9 Å². The van der Waals surface area contributed by atoms with Gasteiger partial charge in [-0.2, -0.15) is 0 Å². The molecule has 3 N–H and O–H groups in total. The number of rotatable bonds is 1. The topological polar surface area (TPSA) is 89.6 Å². The molecule has 1 aliphatic heterocycles. The molecule has 0 aromatic heterocycles. The number of aliphatic carboxylic acids is 1. The maximum atomic E-state index is 10.7. The molecule has 62 valence electrons. The summed E-state index contributed by atoms with van der Waals surface area (Å²) in [6.07, 6.45) is 0.0428. The van der Waals surface area contributed by atoms with Crippen LogP contribution in [0.3, 0.4) is 0 Å². The number of carboxylic acid groups (broad SMARTS) is 1. The average molecular weight is 159 g/mol. The first-order chi connectivity index (χ1) is 4.96. The van der Waals surface area contributed by atoms with Crippen molar-refractivity contribution in [2.75, 3.05) is 0 Å². The highest BCUT2D eigenvalue weighted by molar-refractivity contribution is 5.88. The largest absolute Gasteiger partial charge is 0.478 e. The van der Waals surface area contributed by atoms with E-state index in [0.29, 0.717) is 0 Å². The summed E-state index contributed by atoms with van der Waals surface area (Å²) in [5.41, 5.74) is 3.83. The SMILES string of the molecule is CC1(C(=O)O)CC(N)C(=O)O1. The van der Waals surface area contributed by atoms with Crippen molar-refractivity contribution in [1.29, 1.82) is 0 Å². The summed E-state index contributed by atoms with van der Waals surface area (Å²) in [7, 11) is 0. The van der Waals surface area contributed by atoms with Crippen molar-refractivity contribution in [3.8, 4) is 0 Å². The van der Waals surface area contributed by atoms with E-state index in [1.54, 1.807) is 0 Å². The Morgan fingerprint density at radius 2 is 2.45 bits per heavy atom. The summed E-state index contributed by atoms with van der Waals surface area (Å²) >= 11 is 0. The normalized spacial score (nSPS) is 36.9. The van der Waals surface area contributed by atoms with Crippen LogP contribution in [0.4, 0.5) is 0 Å². The molecule has 0 aliphatic carbocycles. The van der Waals surface area contributed by atoms with Gasteiger partial charge in [0.25, 0.3) is 0 Å². The number of ether oxygens (including phenoxy) is 1. The average Bonchev–Trinajstić information content (AvgIpc) is 2.09. The van der Waals surface area contributed by atoms with Gasteiger partial charge in [0.05, 0.1) is 0 Å². The third-order valence-electron chi connectivity index (χ3n) is 1.69. The Balaban J connectivity index is 2.79. The minimum atomic E-state index is -1.42. The molecule has 0 radical (unpaired) electrons. The summed E-state index contributed by atoms with van der Waals surface area (Å²) in [4.78, 5) is 21.2. The third kappa shape index (κ3) is 1.19. The highest BCUT2D eigenvalue weighted by Gasteiger charge is 2.47. The van der Waals surface area contributed by atoms with E-state index in [9.17, 15) is 9.59 Å². The van der Waals surface area contributed by atoms with Crippen LogP contribution < -0.4 is 5.73 Å². The van der Waals surface area contributed by atoms with E-state index in [1.807, 2.05) is 0 Å². The van der Waals surface area contributed by atoms with Crippen LogP contribution in [-0.4, -0.2) is 28.7 Å². The van der Waals surface area contributed by atoms with Gasteiger partial charge in [0, 0.05) is 6.42 Å². The minimum absolute atomic E-state index is 0.0428. The summed E-state index contributed by atoms with van der Waals surface area (Å²) in [6.45, 7) is 1.33. The molecule has 5 nitrogen and oxygen atoms in total. The number of carbonyl (C=O) groups is 2. The maximum Gasteiger partial charge on any atom is 0.347 e. The number of carboxylic acids is 1.